The normalized spacial score (nSPS) is 29.8. The van der Waals surface area contributed by atoms with Gasteiger partial charge in [-0.1, -0.05) is 0 Å². The molecule has 1 aliphatic heterocycles. The fourth-order valence-electron chi connectivity index (χ4n) is 1.43. The van der Waals surface area contributed by atoms with E-state index in [0.717, 1.165) is 13.0 Å². The van der Waals surface area contributed by atoms with E-state index in [2.05, 4.69) is 10.1 Å². The first-order chi connectivity index (χ1) is 5.77. The van der Waals surface area contributed by atoms with Crippen LogP contribution in [0.25, 0.3) is 0 Å². The molecule has 0 spiro atoms. The third kappa shape index (κ3) is 2.19. The summed E-state index contributed by atoms with van der Waals surface area (Å²) in [5.74, 6) is -0.196. The fraction of sp³-hybridized carbons (Fsp3) is 0.875. The Morgan fingerprint density at radius 2 is 2.17 bits per heavy atom. The second-order valence-corrected chi connectivity index (χ2v) is 2.97. The highest BCUT2D eigenvalue weighted by Crippen LogP contribution is 2.13. The van der Waals surface area contributed by atoms with E-state index < -0.39 is 0 Å². The Morgan fingerprint density at radius 1 is 1.42 bits per heavy atom. The van der Waals surface area contributed by atoms with Crippen LogP contribution in [-0.2, 0) is 14.3 Å². The average molecular weight is 173 g/mol. The van der Waals surface area contributed by atoms with Gasteiger partial charge in [0.15, 0.2) is 0 Å². The van der Waals surface area contributed by atoms with Crippen molar-refractivity contribution in [3.63, 3.8) is 0 Å². The van der Waals surface area contributed by atoms with Gasteiger partial charge in [0.05, 0.1) is 19.1 Å². The lowest BCUT2D eigenvalue weighted by molar-refractivity contribution is -0.147. The van der Waals surface area contributed by atoms with Gasteiger partial charge in [0, 0.05) is 20.2 Å². The van der Waals surface area contributed by atoms with Crippen LogP contribution in [0.4, 0.5) is 0 Å². The lowest BCUT2D eigenvalue weighted by Crippen LogP contribution is -2.43. The molecule has 1 heterocycles. The second kappa shape index (κ2) is 4.42. The Hall–Kier alpha value is -0.610. The van der Waals surface area contributed by atoms with Crippen LogP contribution in [0.15, 0.2) is 0 Å². The van der Waals surface area contributed by atoms with E-state index in [4.69, 9.17) is 4.74 Å². The van der Waals surface area contributed by atoms with E-state index in [1.54, 1.807) is 7.11 Å². The number of hydrogen-bond acceptors (Lipinski definition) is 4. The maximum Gasteiger partial charge on any atom is 0.310 e. The number of methoxy groups -OCH3 is 2. The van der Waals surface area contributed by atoms with Gasteiger partial charge in [0.2, 0.25) is 0 Å². The van der Waals surface area contributed by atoms with Crippen molar-refractivity contribution in [1.29, 1.82) is 0 Å². The van der Waals surface area contributed by atoms with Crippen LogP contribution in [-0.4, -0.2) is 39.4 Å². The average Bonchev–Trinajstić information content (AvgIpc) is 2.17. The Morgan fingerprint density at radius 3 is 2.75 bits per heavy atom. The maximum absolute atomic E-state index is 11.1. The molecule has 12 heavy (non-hydrogen) atoms. The lowest BCUT2D eigenvalue weighted by Gasteiger charge is -2.27. The molecule has 70 valence electrons. The van der Waals surface area contributed by atoms with Gasteiger partial charge in [0.1, 0.15) is 0 Å². The first kappa shape index (κ1) is 9.48. The molecule has 0 amide bonds. The van der Waals surface area contributed by atoms with Gasteiger partial charge in [-0.25, -0.2) is 0 Å². The zero-order valence-electron chi connectivity index (χ0n) is 7.50. The van der Waals surface area contributed by atoms with E-state index in [9.17, 15) is 4.79 Å². The smallest absolute Gasteiger partial charge is 0.310 e. The summed E-state index contributed by atoms with van der Waals surface area (Å²) in [4.78, 5) is 11.1. The summed E-state index contributed by atoms with van der Waals surface area (Å²) >= 11 is 0. The summed E-state index contributed by atoms with van der Waals surface area (Å²) in [6.07, 6.45) is 0.902. The number of esters is 1. The summed E-state index contributed by atoms with van der Waals surface area (Å²) < 4.78 is 9.79. The van der Waals surface area contributed by atoms with Gasteiger partial charge in [-0.05, 0) is 6.42 Å². The molecule has 4 heteroatoms. The van der Waals surface area contributed by atoms with Gasteiger partial charge >= 0.3 is 5.97 Å². The van der Waals surface area contributed by atoms with Gasteiger partial charge in [0.25, 0.3) is 0 Å². The lowest BCUT2D eigenvalue weighted by atomic mass is 9.98. The highest BCUT2D eigenvalue weighted by molar-refractivity contribution is 5.72. The molecule has 0 aliphatic carbocycles. The van der Waals surface area contributed by atoms with Crippen LogP contribution in [0, 0.1) is 5.92 Å². The zero-order chi connectivity index (χ0) is 8.97. The van der Waals surface area contributed by atoms with E-state index in [0.29, 0.717) is 6.54 Å². The van der Waals surface area contributed by atoms with Crippen molar-refractivity contribution in [1.82, 2.24) is 5.32 Å². The minimum atomic E-state index is -0.149. The minimum absolute atomic E-state index is 0.0475. The first-order valence-electron chi connectivity index (χ1n) is 4.09. The highest BCUT2D eigenvalue weighted by atomic mass is 16.5. The monoisotopic (exact) mass is 173 g/mol. The number of rotatable bonds is 2. The fourth-order valence-corrected chi connectivity index (χ4v) is 1.43. The van der Waals surface area contributed by atoms with Crippen LogP contribution in [0.3, 0.4) is 0 Å². The van der Waals surface area contributed by atoms with E-state index in [-0.39, 0.29) is 18.0 Å². The Labute approximate surface area is 72.2 Å². The van der Waals surface area contributed by atoms with Crippen LogP contribution >= 0.6 is 0 Å². The minimum Gasteiger partial charge on any atom is -0.469 e. The largest absolute Gasteiger partial charge is 0.469 e. The number of hydrogen-bond donors (Lipinski definition) is 1. The van der Waals surface area contributed by atoms with E-state index >= 15 is 0 Å². The van der Waals surface area contributed by atoms with Crippen LogP contribution < -0.4 is 5.32 Å². The molecular formula is C8H15NO3. The molecule has 2 unspecified atom stereocenters. The molecule has 4 nitrogen and oxygen atoms in total. The summed E-state index contributed by atoms with van der Waals surface area (Å²) in [6.45, 7) is 1.52. The van der Waals surface area contributed by atoms with Crippen LogP contribution in [0.1, 0.15) is 6.42 Å². The van der Waals surface area contributed by atoms with Crippen LogP contribution in [0.5, 0.6) is 0 Å². The molecule has 0 radical (unpaired) electrons. The summed E-state index contributed by atoms with van der Waals surface area (Å²) in [7, 11) is 3.07. The molecule has 0 aromatic heterocycles. The molecule has 0 aromatic carbocycles. The molecule has 0 aromatic rings. The van der Waals surface area contributed by atoms with E-state index in [1.165, 1.54) is 7.11 Å². The molecule has 0 saturated carbocycles. The SMILES string of the molecule is COC(=O)C1CNCC(OC)C1. The third-order valence-electron chi connectivity index (χ3n) is 2.18. The maximum atomic E-state index is 11.1. The molecular weight excluding hydrogens is 158 g/mol. The molecule has 2 atom stereocenters. The quantitative estimate of drug-likeness (QED) is 0.587. The number of nitrogens with one attached hydrogen (secondary N) is 1. The van der Waals surface area contributed by atoms with Crippen molar-refractivity contribution in [3.8, 4) is 0 Å². The predicted molar refractivity (Wildman–Crippen MR) is 43.8 cm³/mol. The summed E-state index contributed by atoms with van der Waals surface area (Å²) in [5, 5.41) is 3.13. The van der Waals surface area contributed by atoms with Gasteiger partial charge in [-0.3, -0.25) is 4.79 Å². The number of carbonyl (C=O) groups is 1. The summed E-state index contributed by atoms with van der Waals surface area (Å²) in [6, 6.07) is 0. The number of carbonyl (C=O) groups excluding carboxylic acids is 1. The van der Waals surface area contributed by atoms with Gasteiger partial charge in [-0.15, -0.1) is 0 Å². The topological polar surface area (TPSA) is 47.6 Å². The second-order valence-electron chi connectivity index (χ2n) is 2.97. The van der Waals surface area contributed by atoms with Gasteiger partial charge in [-0.2, -0.15) is 0 Å². The Balaban J connectivity index is 2.40. The molecule has 1 saturated heterocycles. The van der Waals surface area contributed by atoms with Crippen molar-refractivity contribution in [2.24, 2.45) is 5.92 Å². The van der Waals surface area contributed by atoms with Crippen LogP contribution in [0.2, 0.25) is 0 Å². The Kier molecular flexibility index (Phi) is 3.49. The first-order valence-corrected chi connectivity index (χ1v) is 4.09. The molecule has 1 aliphatic rings. The standard InChI is InChI=1S/C8H15NO3/c1-11-7-3-6(4-9-5-7)8(10)12-2/h6-7,9H,3-5H2,1-2H3. The van der Waals surface area contributed by atoms with Crippen molar-refractivity contribution in [3.05, 3.63) is 0 Å². The summed E-state index contributed by atoms with van der Waals surface area (Å²) in [5.41, 5.74) is 0. The predicted octanol–water partition coefficient (Wildman–Crippen LogP) is -0.216. The van der Waals surface area contributed by atoms with Gasteiger partial charge < -0.3 is 14.8 Å². The van der Waals surface area contributed by atoms with E-state index in [1.807, 2.05) is 0 Å². The zero-order valence-corrected chi connectivity index (χ0v) is 7.50. The van der Waals surface area contributed by atoms with Crippen molar-refractivity contribution < 1.29 is 14.3 Å². The van der Waals surface area contributed by atoms with Crippen molar-refractivity contribution in [2.45, 2.75) is 12.5 Å². The molecule has 1 fully saturated rings. The van der Waals surface area contributed by atoms with Crippen molar-refractivity contribution >= 4 is 5.97 Å². The Bertz CT molecular complexity index is 160. The number of ether oxygens (including phenoxy) is 2. The molecule has 0 bridgehead atoms. The third-order valence-corrected chi connectivity index (χ3v) is 2.18. The number of piperidine rings is 1. The molecule has 1 rings (SSSR count). The van der Waals surface area contributed by atoms with Crippen molar-refractivity contribution in [2.75, 3.05) is 27.3 Å². The highest BCUT2D eigenvalue weighted by Gasteiger charge is 2.27. The molecule has 1 N–H and O–H groups in total.